The van der Waals surface area contributed by atoms with Crippen LogP contribution in [0.5, 0.6) is 0 Å². The summed E-state index contributed by atoms with van der Waals surface area (Å²) in [7, 11) is 0. The van der Waals surface area contributed by atoms with Gasteiger partial charge in [-0.2, -0.15) is 0 Å². The third kappa shape index (κ3) is 6.65. The molecule has 0 aliphatic rings. The molecule has 0 bridgehead atoms. The number of benzene rings is 1. The number of carbonyl (C=O) groups excluding carboxylic acids is 2. The smallest absolute Gasteiger partial charge is 0.225 e. The Morgan fingerprint density at radius 1 is 1.00 bits per heavy atom. The van der Waals surface area contributed by atoms with Crippen molar-refractivity contribution in [3.05, 3.63) is 57.8 Å². The molecular formula is C18H22N2O2S. The fourth-order valence-electron chi connectivity index (χ4n) is 2.14. The molecule has 1 aromatic heterocycles. The Labute approximate surface area is 140 Å². The zero-order valence-corrected chi connectivity index (χ0v) is 14.1. The predicted octanol–water partition coefficient (Wildman–Crippen LogP) is 2.46. The Bertz CT molecular complexity index is 621. The van der Waals surface area contributed by atoms with E-state index in [1.165, 1.54) is 5.56 Å². The Balaban J connectivity index is 1.56. The van der Waals surface area contributed by atoms with Crippen molar-refractivity contribution >= 4 is 23.2 Å². The number of rotatable bonds is 8. The molecule has 2 aromatic rings. The van der Waals surface area contributed by atoms with Crippen molar-refractivity contribution in [2.75, 3.05) is 13.1 Å². The van der Waals surface area contributed by atoms with Crippen molar-refractivity contribution in [2.45, 2.75) is 26.2 Å². The van der Waals surface area contributed by atoms with Gasteiger partial charge in [-0.25, -0.2) is 0 Å². The van der Waals surface area contributed by atoms with Crippen molar-refractivity contribution in [2.24, 2.45) is 0 Å². The van der Waals surface area contributed by atoms with E-state index in [-0.39, 0.29) is 11.8 Å². The van der Waals surface area contributed by atoms with E-state index in [9.17, 15) is 9.59 Å². The summed E-state index contributed by atoms with van der Waals surface area (Å²) in [6.45, 7) is 2.96. The van der Waals surface area contributed by atoms with Crippen LogP contribution in [0.4, 0.5) is 0 Å². The van der Waals surface area contributed by atoms with Gasteiger partial charge in [0.2, 0.25) is 11.8 Å². The quantitative estimate of drug-likeness (QED) is 0.731. The lowest BCUT2D eigenvalue weighted by molar-refractivity contribution is -0.122. The molecule has 0 aliphatic heterocycles. The molecule has 0 saturated carbocycles. The van der Waals surface area contributed by atoms with Gasteiger partial charge in [-0.05, 0) is 30.4 Å². The summed E-state index contributed by atoms with van der Waals surface area (Å²) in [5, 5.41) is 7.59. The highest BCUT2D eigenvalue weighted by atomic mass is 32.1. The number of amides is 2. The first-order valence-corrected chi connectivity index (χ1v) is 8.63. The minimum Gasteiger partial charge on any atom is -0.354 e. The fourth-order valence-corrected chi connectivity index (χ4v) is 2.84. The summed E-state index contributed by atoms with van der Waals surface area (Å²) < 4.78 is 0. The number of carbonyl (C=O) groups is 2. The van der Waals surface area contributed by atoms with Gasteiger partial charge in [0, 0.05) is 24.4 Å². The number of hydrogen-bond acceptors (Lipinski definition) is 3. The van der Waals surface area contributed by atoms with E-state index in [1.54, 1.807) is 11.3 Å². The topological polar surface area (TPSA) is 58.2 Å². The second-order valence-corrected chi connectivity index (χ2v) is 6.47. The van der Waals surface area contributed by atoms with Gasteiger partial charge in [0.1, 0.15) is 0 Å². The highest BCUT2D eigenvalue weighted by molar-refractivity contribution is 7.10. The van der Waals surface area contributed by atoms with Crippen LogP contribution in [0.3, 0.4) is 0 Å². The molecule has 5 heteroatoms. The lowest BCUT2D eigenvalue weighted by Crippen LogP contribution is -2.35. The summed E-state index contributed by atoms with van der Waals surface area (Å²) in [6, 6.07) is 12.1. The van der Waals surface area contributed by atoms with Gasteiger partial charge in [-0.15, -0.1) is 11.3 Å². The van der Waals surface area contributed by atoms with Gasteiger partial charge >= 0.3 is 0 Å². The summed E-state index contributed by atoms with van der Waals surface area (Å²) >= 11 is 1.57. The van der Waals surface area contributed by atoms with E-state index in [4.69, 9.17) is 0 Å². The SMILES string of the molecule is Cc1ccc(CCC(=O)NCCNC(=O)Cc2cccs2)cc1. The van der Waals surface area contributed by atoms with E-state index in [2.05, 4.69) is 22.8 Å². The molecule has 0 spiro atoms. The maximum Gasteiger partial charge on any atom is 0.225 e. The highest BCUT2D eigenvalue weighted by Gasteiger charge is 2.05. The fraction of sp³-hybridized carbons (Fsp3) is 0.333. The van der Waals surface area contributed by atoms with Gasteiger partial charge in [0.25, 0.3) is 0 Å². The molecule has 0 aliphatic carbocycles. The first-order chi connectivity index (χ1) is 11.1. The Morgan fingerprint density at radius 3 is 2.35 bits per heavy atom. The van der Waals surface area contributed by atoms with Crippen LogP contribution in [-0.4, -0.2) is 24.9 Å². The zero-order chi connectivity index (χ0) is 16.5. The highest BCUT2D eigenvalue weighted by Crippen LogP contribution is 2.08. The van der Waals surface area contributed by atoms with E-state index in [0.29, 0.717) is 25.9 Å². The maximum absolute atomic E-state index is 11.8. The molecule has 23 heavy (non-hydrogen) atoms. The molecular weight excluding hydrogens is 308 g/mol. The monoisotopic (exact) mass is 330 g/mol. The second kappa shape index (κ2) is 9.10. The van der Waals surface area contributed by atoms with Crippen LogP contribution < -0.4 is 10.6 Å². The van der Waals surface area contributed by atoms with E-state index < -0.39 is 0 Å². The summed E-state index contributed by atoms with van der Waals surface area (Å²) in [5.74, 6) is -0.000523. The molecule has 2 amide bonds. The largest absolute Gasteiger partial charge is 0.354 e. The van der Waals surface area contributed by atoms with Crippen molar-refractivity contribution < 1.29 is 9.59 Å². The Hall–Kier alpha value is -2.14. The van der Waals surface area contributed by atoms with Gasteiger partial charge in [-0.3, -0.25) is 9.59 Å². The van der Waals surface area contributed by atoms with Crippen LogP contribution in [0, 0.1) is 6.92 Å². The number of hydrogen-bond donors (Lipinski definition) is 2. The Morgan fingerprint density at radius 2 is 1.70 bits per heavy atom. The molecule has 4 nitrogen and oxygen atoms in total. The third-order valence-electron chi connectivity index (χ3n) is 3.45. The third-order valence-corrected chi connectivity index (χ3v) is 4.32. The van der Waals surface area contributed by atoms with Crippen molar-refractivity contribution in [1.29, 1.82) is 0 Å². The number of aryl methyl sites for hydroxylation is 2. The van der Waals surface area contributed by atoms with Crippen molar-refractivity contribution in [1.82, 2.24) is 10.6 Å². The molecule has 0 radical (unpaired) electrons. The molecule has 122 valence electrons. The summed E-state index contributed by atoms with van der Waals surface area (Å²) in [4.78, 5) is 24.5. The van der Waals surface area contributed by atoms with Gasteiger partial charge < -0.3 is 10.6 Å². The molecule has 0 atom stereocenters. The minimum atomic E-state index is -0.0126. The normalized spacial score (nSPS) is 10.3. The Kier molecular flexibility index (Phi) is 6.81. The molecule has 1 heterocycles. The first-order valence-electron chi connectivity index (χ1n) is 7.75. The lowest BCUT2D eigenvalue weighted by atomic mass is 10.1. The molecule has 1 aromatic carbocycles. The van der Waals surface area contributed by atoms with Gasteiger partial charge in [0.15, 0.2) is 0 Å². The minimum absolute atomic E-state index is 0.0121. The number of nitrogens with one attached hydrogen (secondary N) is 2. The van der Waals surface area contributed by atoms with E-state index in [0.717, 1.165) is 16.9 Å². The van der Waals surface area contributed by atoms with Crippen LogP contribution in [0.2, 0.25) is 0 Å². The van der Waals surface area contributed by atoms with E-state index in [1.807, 2.05) is 36.6 Å². The van der Waals surface area contributed by atoms with Gasteiger partial charge in [0.05, 0.1) is 6.42 Å². The standard InChI is InChI=1S/C18H22N2O2S/c1-14-4-6-15(7-5-14)8-9-17(21)19-10-11-20-18(22)13-16-3-2-12-23-16/h2-7,12H,8-11,13H2,1H3,(H,19,21)(H,20,22). The van der Waals surface area contributed by atoms with Crippen molar-refractivity contribution in [3.8, 4) is 0 Å². The van der Waals surface area contributed by atoms with Crippen LogP contribution in [-0.2, 0) is 22.4 Å². The van der Waals surface area contributed by atoms with Crippen LogP contribution in [0.1, 0.15) is 22.4 Å². The van der Waals surface area contributed by atoms with Crippen LogP contribution >= 0.6 is 11.3 Å². The number of thiophene rings is 1. The van der Waals surface area contributed by atoms with Crippen molar-refractivity contribution in [3.63, 3.8) is 0 Å². The maximum atomic E-state index is 11.8. The van der Waals surface area contributed by atoms with Crippen LogP contribution in [0.25, 0.3) is 0 Å². The molecule has 2 rings (SSSR count). The van der Waals surface area contributed by atoms with Gasteiger partial charge in [-0.1, -0.05) is 35.9 Å². The predicted molar refractivity (Wildman–Crippen MR) is 93.5 cm³/mol. The lowest BCUT2D eigenvalue weighted by Gasteiger charge is -2.07. The summed E-state index contributed by atoms with van der Waals surface area (Å²) in [5.41, 5.74) is 2.38. The average Bonchev–Trinajstić information content (AvgIpc) is 3.04. The molecule has 2 N–H and O–H groups in total. The van der Waals surface area contributed by atoms with E-state index >= 15 is 0 Å². The molecule has 0 unspecified atom stereocenters. The zero-order valence-electron chi connectivity index (χ0n) is 13.3. The average molecular weight is 330 g/mol. The second-order valence-electron chi connectivity index (χ2n) is 5.44. The summed E-state index contributed by atoms with van der Waals surface area (Å²) in [6.07, 6.45) is 1.60. The van der Waals surface area contributed by atoms with Crippen LogP contribution in [0.15, 0.2) is 41.8 Å². The molecule has 0 fully saturated rings. The molecule has 0 saturated heterocycles. The first kappa shape index (κ1) is 17.2.